The minimum atomic E-state index is 0.459. The Balaban J connectivity index is 1.54. The first kappa shape index (κ1) is 17.1. The van der Waals surface area contributed by atoms with E-state index in [1.165, 1.54) is 0 Å². The highest BCUT2D eigenvalue weighted by Gasteiger charge is 2.15. The number of nitrogens with zero attached hydrogens (tertiary/aromatic N) is 7. The van der Waals surface area contributed by atoms with E-state index in [2.05, 4.69) is 31.2 Å². The molecule has 0 radical (unpaired) electrons. The predicted octanol–water partition coefficient (Wildman–Crippen LogP) is 4.88. The van der Waals surface area contributed by atoms with Gasteiger partial charge in [0.2, 0.25) is 5.82 Å². The maximum atomic E-state index is 4.89. The van der Waals surface area contributed by atoms with Crippen LogP contribution in [0.1, 0.15) is 0 Å². The molecule has 2 aromatic carbocycles. The van der Waals surface area contributed by atoms with Gasteiger partial charge in [-0.25, -0.2) is 9.97 Å². The van der Waals surface area contributed by atoms with Gasteiger partial charge < -0.3 is 0 Å². The first-order chi connectivity index (χ1) is 15.9. The topological polar surface area (TPSA) is 90.2 Å². The van der Waals surface area contributed by atoms with Gasteiger partial charge in [-0.1, -0.05) is 24.3 Å². The van der Waals surface area contributed by atoms with Crippen molar-refractivity contribution in [3.8, 4) is 11.5 Å². The van der Waals surface area contributed by atoms with E-state index < -0.39 is 0 Å². The fourth-order valence-corrected chi connectivity index (χ4v) is 4.22. The van der Waals surface area contributed by atoms with Gasteiger partial charge in [0.1, 0.15) is 16.7 Å². The fourth-order valence-electron chi connectivity index (χ4n) is 4.22. The van der Waals surface area contributed by atoms with Crippen molar-refractivity contribution in [3.63, 3.8) is 0 Å². The molecule has 32 heavy (non-hydrogen) atoms. The Morgan fingerprint density at radius 2 is 1.06 bits per heavy atom. The van der Waals surface area contributed by atoms with Gasteiger partial charge in [0, 0.05) is 40.1 Å². The number of hydrogen-bond acceptors (Lipinski definition) is 7. The maximum absolute atomic E-state index is 4.89. The Kier molecular flexibility index (Phi) is 3.43. The molecule has 0 atom stereocenters. The van der Waals surface area contributed by atoms with E-state index in [-0.39, 0.29) is 0 Å². The number of rotatable bonds is 1. The lowest BCUT2D eigenvalue weighted by Crippen LogP contribution is -1.99. The molecule has 0 saturated heterocycles. The van der Waals surface area contributed by atoms with Crippen LogP contribution in [0.5, 0.6) is 0 Å². The summed E-state index contributed by atoms with van der Waals surface area (Å²) >= 11 is 0. The molecule has 0 bridgehead atoms. The van der Waals surface area contributed by atoms with E-state index in [1.807, 2.05) is 54.6 Å². The molecule has 0 amide bonds. The summed E-state index contributed by atoms with van der Waals surface area (Å²) in [7, 11) is 0. The minimum Gasteiger partial charge on any atom is -0.254 e. The smallest absolute Gasteiger partial charge is 0.201 e. The number of aromatic nitrogens is 7. The lowest BCUT2D eigenvalue weighted by atomic mass is 10.1. The van der Waals surface area contributed by atoms with Crippen molar-refractivity contribution in [2.45, 2.75) is 0 Å². The average Bonchev–Trinajstić information content (AvgIpc) is 2.88. The molecule has 148 valence electrons. The molecule has 5 aromatic heterocycles. The highest BCUT2D eigenvalue weighted by molar-refractivity contribution is 6.20. The Bertz CT molecular complexity index is 1810. The second-order valence-electron chi connectivity index (χ2n) is 7.54. The van der Waals surface area contributed by atoms with Crippen LogP contribution in [0.15, 0.2) is 79.3 Å². The number of fused-ring (bicyclic) bond motifs is 9. The molecule has 7 nitrogen and oxygen atoms in total. The summed E-state index contributed by atoms with van der Waals surface area (Å²) in [5.41, 5.74) is 5.34. The molecule has 0 N–H and O–H groups in total. The highest BCUT2D eigenvalue weighted by atomic mass is 15.2. The molecule has 5 heterocycles. The van der Waals surface area contributed by atoms with Gasteiger partial charge in [-0.3, -0.25) is 15.0 Å². The van der Waals surface area contributed by atoms with Crippen LogP contribution in [0.25, 0.3) is 66.2 Å². The molecule has 0 spiro atoms. The molecule has 0 aliphatic rings. The van der Waals surface area contributed by atoms with Crippen molar-refractivity contribution in [1.29, 1.82) is 0 Å². The van der Waals surface area contributed by atoms with Gasteiger partial charge >= 0.3 is 0 Å². The van der Waals surface area contributed by atoms with Crippen LogP contribution in [-0.2, 0) is 0 Å². The summed E-state index contributed by atoms with van der Waals surface area (Å²) in [6, 6.07) is 19.7. The lowest BCUT2D eigenvalue weighted by Gasteiger charge is -2.08. The summed E-state index contributed by atoms with van der Waals surface area (Å²) in [5, 5.41) is 12.8. The second kappa shape index (κ2) is 6.42. The zero-order valence-electron chi connectivity index (χ0n) is 16.6. The molecule has 7 heteroatoms. The number of benzene rings is 2. The van der Waals surface area contributed by atoms with Crippen LogP contribution in [-0.4, -0.2) is 35.1 Å². The van der Waals surface area contributed by atoms with Crippen molar-refractivity contribution in [2.24, 2.45) is 0 Å². The quantitative estimate of drug-likeness (QED) is 0.355. The standard InChI is InChI=1S/C25H13N7/c1-4-14-7-8-15-9-10-18(29-20(15)19(14)26-11-1)25-30-23-16-5-2-12-27-21(16)22-17(6-3-13-28-22)24(23)31-32-25/h1-13H. The van der Waals surface area contributed by atoms with E-state index in [1.54, 1.807) is 18.6 Å². The molecule has 0 unspecified atom stereocenters. The van der Waals surface area contributed by atoms with Crippen molar-refractivity contribution in [3.05, 3.63) is 79.3 Å². The van der Waals surface area contributed by atoms with Gasteiger partial charge in [0.25, 0.3) is 0 Å². The first-order valence-electron chi connectivity index (χ1n) is 10.2. The fraction of sp³-hybridized carbons (Fsp3) is 0. The third kappa shape index (κ3) is 2.39. The Morgan fingerprint density at radius 1 is 0.438 bits per heavy atom. The SMILES string of the molecule is c1cnc2c(c1)ccc1ccc(-c3nnc4c5cccnc5c5ncccc5c4n3)nc12. The minimum absolute atomic E-state index is 0.459. The van der Waals surface area contributed by atoms with E-state index >= 15 is 0 Å². The Morgan fingerprint density at radius 3 is 1.84 bits per heavy atom. The summed E-state index contributed by atoms with van der Waals surface area (Å²) in [6.07, 6.45) is 5.30. The normalized spacial score (nSPS) is 11.8. The molecule has 7 aromatic rings. The zero-order valence-corrected chi connectivity index (χ0v) is 16.6. The van der Waals surface area contributed by atoms with Crippen LogP contribution in [0.2, 0.25) is 0 Å². The van der Waals surface area contributed by atoms with E-state index in [4.69, 9.17) is 9.97 Å². The summed E-state index contributed by atoms with van der Waals surface area (Å²) in [5.74, 6) is 0.459. The third-order valence-electron chi connectivity index (χ3n) is 5.70. The first-order valence-corrected chi connectivity index (χ1v) is 10.2. The molecule has 0 saturated carbocycles. The van der Waals surface area contributed by atoms with Crippen molar-refractivity contribution in [1.82, 2.24) is 35.1 Å². The molecular formula is C25H13N7. The van der Waals surface area contributed by atoms with E-state index in [9.17, 15) is 0 Å². The Labute approximate surface area is 180 Å². The summed E-state index contributed by atoms with van der Waals surface area (Å²) in [4.78, 5) is 23.4. The molecule has 0 aliphatic carbocycles. The molecule has 0 aliphatic heterocycles. The number of hydrogen-bond donors (Lipinski definition) is 0. The van der Waals surface area contributed by atoms with Crippen LogP contribution in [0.3, 0.4) is 0 Å². The highest BCUT2D eigenvalue weighted by Crippen LogP contribution is 2.31. The molecular weight excluding hydrogens is 398 g/mol. The van der Waals surface area contributed by atoms with Gasteiger partial charge in [-0.05, 0) is 36.4 Å². The Hall–Kier alpha value is -4.65. The van der Waals surface area contributed by atoms with Gasteiger partial charge in [-0.15, -0.1) is 10.2 Å². The third-order valence-corrected chi connectivity index (χ3v) is 5.70. The number of pyridine rings is 4. The van der Waals surface area contributed by atoms with Crippen molar-refractivity contribution >= 4 is 54.6 Å². The second-order valence-corrected chi connectivity index (χ2v) is 7.54. The molecule has 7 rings (SSSR count). The van der Waals surface area contributed by atoms with Crippen molar-refractivity contribution < 1.29 is 0 Å². The zero-order chi connectivity index (χ0) is 21.1. The van der Waals surface area contributed by atoms with Gasteiger partial charge in [0.15, 0.2) is 0 Å². The van der Waals surface area contributed by atoms with Gasteiger partial charge in [-0.2, -0.15) is 0 Å². The van der Waals surface area contributed by atoms with E-state index in [0.29, 0.717) is 17.0 Å². The average molecular weight is 411 g/mol. The predicted molar refractivity (Wildman–Crippen MR) is 124 cm³/mol. The summed E-state index contributed by atoms with van der Waals surface area (Å²) in [6.45, 7) is 0. The largest absolute Gasteiger partial charge is 0.254 e. The monoisotopic (exact) mass is 411 g/mol. The van der Waals surface area contributed by atoms with E-state index in [0.717, 1.165) is 49.1 Å². The summed E-state index contributed by atoms with van der Waals surface area (Å²) < 4.78 is 0. The lowest BCUT2D eigenvalue weighted by molar-refractivity contribution is 1.03. The van der Waals surface area contributed by atoms with Crippen LogP contribution < -0.4 is 0 Å². The van der Waals surface area contributed by atoms with Crippen LogP contribution >= 0.6 is 0 Å². The van der Waals surface area contributed by atoms with Crippen LogP contribution in [0, 0.1) is 0 Å². The van der Waals surface area contributed by atoms with Crippen molar-refractivity contribution in [2.75, 3.05) is 0 Å². The maximum Gasteiger partial charge on any atom is 0.201 e. The van der Waals surface area contributed by atoms with Gasteiger partial charge in [0.05, 0.1) is 22.1 Å². The van der Waals surface area contributed by atoms with Crippen LogP contribution in [0.4, 0.5) is 0 Å². The molecule has 0 fully saturated rings.